The Kier molecular flexibility index (Phi) is 2.58. The molecule has 2 rings (SSSR count). The molecule has 2 N–H and O–H groups in total. The Balaban J connectivity index is 2.25. The molecule has 0 amide bonds. The number of hydrogen-bond donors (Lipinski definition) is 2. The number of hydrogen-bond acceptors (Lipinski definition) is 2. The summed E-state index contributed by atoms with van der Waals surface area (Å²) in [5.74, 6) is 0.816. The minimum atomic E-state index is -0.109. The molecule has 1 fully saturated rings. The smallest absolute Gasteiger partial charge is 0.272 e. The molecule has 78 valence electrons. The quantitative estimate of drug-likeness (QED) is 0.751. The zero-order valence-electron chi connectivity index (χ0n) is 8.25. The molecule has 0 aromatic carbocycles. The zero-order valence-corrected chi connectivity index (χ0v) is 9.06. The lowest BCUT2D eigenvalue weighted by atomic mass is 10.1. The van der Waals surface area contributed by atoms with Crippen LogP contribution in [0, 0.1) is 10.7 Å². The summed E-state index contributed by atoms with van der Waals surface area (Å²) in [4.78, 5) is 11.5. The van der Waals surface area contributed by atoms with E-state index in [4.69, 9.17) is 12.2 Å². The first-order valence-corrected chi connectivity index (χ1v) is 5.52. The molecular formula is C9H15N3OS. The topological polar surface area (TPSA) is 53.6 Å². The minimum Gasteiger partial charge on any atom is -0.272 e. The van der Waals surface area contributed by atoms with Gasteiger partial charge in [0.25, 0.3) is 0 Å². The molecule has 1 aromatic rings. The van der Waals surface area contributed by atoms with Crippen LogP contribution in [0.25, 0.3) is 0 Å². The van der Waals surface area contributed by atoms with E-state index >= 15 is 0 Å². The molecule has 4 nitrogen and oxygen atoms in total. The highest BCUT2D eigenvalue weighted by Crippen LogP contribution is 2.37. The first-order chi connectivity index (χ1) is 6.72. The summed E-state index contributed by atoms with van der Waals surface area (Å²) in [6.07, 6.45) is 4.68. The summed E-state index contributed by atoms with van der Waals surface area (Å²) in [6, 6.07) is 0.269. The summed E-state index contributed by atoms with van der Waals surface area (Å²) in [5.41, 5.74) is -0.109. The van der Waals surface area contributed by atoms with E-state index in [0.717, 1.165) is 18.8 Å². The Morgan fingerprint density at radius 1 is 1.57 bits per heavy atom. The molecule has 0 radical (unpaired) electrons. The van der Waals surface area contributed by atoms with E-state index in [1.807, 2.05) is 0 Å². The van der Waals surface area contributed by atoms with Gasteiger partial charge >= 0.3 is 5.69 Å². The molecule has 1 atom stereocenters. The molecule has 5 heteroatoms. The second-order valence-corrected chi connectivity index (χ2v) is 4.36. The first kappa shape index (κ1) is 9.71. The van der Waals surface area contributed by atoms with Crippen LogP contribution in [0.2, 0.25) is 0 Å². The van der Waals surface area contributed by atoms with Crippen molar-refractivity contribution >= 4 is 12.2 Å². The Hall–Kier alpha value is -0.840. The third-order valence-electron chi connectivity index (χ3n) is 2.85. The summed E-state index contributed by atoms with van der Waals surface area (Å²) >= 11 is 5.06. The van der Waals surface area contributed by atoms with Crippen LogP contribution >= 0.6 is 12.2 Å². The van der Waals surface area contributed by atoms with E-state index in [1.54, 1.807) is 4.57 Å². The number of H-pyrrole nitrogens is 2. The van der Waals surface area contributed by atoms with Gasteiger partial charge in [-0.2, -0.15) is 0 Å². The van der Waals surface area contributed by atoms with Gasteiger partial charge in [0.15, 0.2) is 4.77 Å². The van der Waals surface area contributed by atoms with E-state index in [1.165, 1.54) is 12.8 Å². The molecule has 1 saturated carbocycles. The Morgan fingerprint density at radius 3 is 2.71 bits per heavy atom. The average molecular weight is 213 g/mol. The fourth-order valence-corrected chi connectivity index (χ4v) is 2.13. The maximum absolute atomic E-state index is 11.5. The normalized spacial score (nSPS) is 18.4. The molecule has 0 spiro atoms. The van der Waals surface area contributed by atoms with Crippen LogP contribution in [-0.2, 0) is 0 Å². The number of aromatic amines is 2. The van der Waals surface area contributed by atoms with Crippen molar-refractivity contribution in [3.05, 3.63) is 15.3 Å². The molecule has 14 heavy (non-hydrogen) atoms. The monoisotopic (exact) mass is 213 g/mol. The summed E-state index contributed by atoms with van der Waals surface area (Å²) in [6.45, 7) is 2.10. The van der Waals surface area contributed by atoms with Gasteiger partial charge in [0, 0.05) is 6.04 Å². The van der Waals surface area contributed by atoms with Crippen molar-refractivity contribution in [2.45, 2.75) is 38.6 Å². The summed E-state index contributed by atoms with van der Waals surface area (Å²) in [7, 11) is 0. The summed E-state index contributed by atoms with van der Waals surface area (Å²) < 4.78 is 2.19. The molecule has 1 heterocycles. The fraction of sp³-hybridized carbons (Fsp3) is 0.778. The Labute approximate surface area is 87.3 Å². The van der Waals surface area contributed by atoms with Crippen LogP contribution in [0.3, 0.4) is 0 Å². The maximum atomic E-state index is 11.5. The van der Waals surface area contributed by atoms with Crippen molar-refractivity contribution in [1.82, 2.24) is 14.8 Å². The van der Waals surface area contributed by atoms with Crippen molar-refractivity contribution in [3.8, 4) is 0 Å². The molecule has 1 aliphatic rings. The third-order valence-corrected chi connectivity index (χ3v) is 3.15. The van der Waals surface area contributed by atoms with E-state index in [9.17, 15) is 4.79 Å². The fourth-order valence-electron chi connectivity index (χ4n) is 1.84. The van der Waals surface area contributed by atoms with Gasteiger partial charge in [-0.3, -0.25) is 9.67 Å². The highest BCUT2D eigenvalue weighted by molar-refractivity contribution is 7.71. The van der Waals surface area contributed by atoms with Gasteiger partial charge in [-0.05, 0) is 31.0 Å². The van der Waals surface area contributed by atoms with E-state index in [2.05, 4.69) is 17.1 Å². The van der Waals surface area contributed by atoms with Crippen molar-refractivity contribution < 1.29 is 0 Å². The van der Waals surface area contributed by atoms with Crippen molar-refractivity contribution in [1.29, 1.82) is 0 Å². The van der Waals surface area contributed by atoms with Gasteiger partial charge in [-0.25, -0.2) is 9.89 Å². The highest BCUT2D eigenvalue weighted by atomic mass is 32.1. The van der Waals surface area contributed by atoms with Crippen LogP contribution < -0.4 is 5.69 Å². The van der Waals surface area contributed by atoms with Gasteiger partial charge in [0.2, 0.25) is 0 Å². The molecular weight excluding hydrogens is 198 g/mol. The third kappa shape index (κ3) is 1.82. The second kappa shape index (κ2) is 3.73. The number of aromatic nitrogens is 3. The van der Waals surface area contributed by atoms with Gasteiger partial charge in [-0.1, -0.05) is 19.8 Å². The van der Waals surface area contributed by atoms with Crippen molar-refractivity contribution in [2.24, 2.45) is 5.92 Å². The van der Waals surface area contributed by atoms with E-state index in [-0.39, 0.29) is 11.7 Å². The van der Waals surface area contributed by atoms with Crippen molar-refractivity contribution in [3.63, 3.8) is 0 Å². The largest absolute Gasteiger partial charge is 0.342 e. The van der Waals surface area contributed by atoms with Crippen LogP contribution in [-0.4, -0.2) is 14.8 Å². The standard InChI is InChI=1S/C9H15N3OS/c1-2-7(5-6-3-4-6)12-8(13)10-11-9(12)14/h6-7H,2-5H2,1H3,(H,10,13)(H,11,14). The van der Waals surface area contributed by atoms with Gasteiger partial charge in [0.1, 0.15) is 0 Å². The molecule has 0 saturated heterocycles. The van der Waals surface area contributed by atoms with E-state index in [0.29, 0.717) is 4.77 Å². The Morgan fingerprint density at radius 2 is 2.29 bits per heavy atom. The molecule has 1 unspecified atom stereocenters. The SMILES string of the molecule is CCC(CC1CC1)n1c(=O)[nH][nH]c1=S. The van der Waals surface area contributed by atoms with Gasteiger partial charge < -0.3 is 0 Å². The molecule has 0 aliphatic heterocycles. The van der Waals surface area contributed by atoms with Crippen LogP contribution in [0.5, 0.6) is 0 Å². The number of nitrogens with zero attached hydrogens (tertiary/aromatic N) is 1. The second-order valence-electron chi connectivity index (χ2n) is 3.97. The van der Waals surface area contributed by atoms with Gasteiger partial charge in [-0.15, -0.1) is 0 Å². The van der Waals surface area contributed by atoms with E-state index < -0.39 is 0 Å². The lowest BCUT2D eigenvalue weighted by Gasteiger charge is -2.14. The average Bonchev–Trinajstić information content (AvgIpc) is 2.92. The molecule has 1 aliphatic carbocycles. The predicted molar refractivity (Wildman–Crippen MR) is 56.9 cm³/mol. The van der Waals surface area contributed by atoms with Gasteiger partial charge in [0.05, 0.1) is 0 Å². The predicted octanol–water partition coefficient (Wildman–Crippen LogP) is 1.99. The Bertz CT molecular complexity index is 385. The van der Waals surface area contributed by atoms with Crippen LogP contribution in [0.15, 0.2) is 4.79 Å². The molecule has 0 bridgehead atoms. The lowest BCUT2D eigenvalue weighted by Crippen LogP contribution is -2.22. The zero-order chi connectivity index (χ0) is 10.1. The first-order valence-electron chi connectivity index (χ1n) is 5.11. The minimum absolute atomic E-state index is 0.109. The summed E-state index contributed by atoms with van der Waals surface area (Å²) in [5, 5.41) is 5.21. The highest BCUT2D eigenvalue weighted by Gasteiger charge is 2.26. The number of rotatable bonds is 4. The maximum Gasteiger partial charge on any atom is 0.342 e. The van der Waals surface area contributed by atoms with Crippen molar-refractivity contribution in [2.75, 3.05) is 0 Å². The van der Waals surface area contributed by atoms with Crippen LogP contribution in [0.4, 0.5) is 0 Å². The number of nitrogens with one attached hydrogen (secondary N) is 2. The molecule has 1 aromatic heterocycles. The lowest BCUT2D eigenvalue weighted by molar-refractivity contribution is 0.415. The van der Waals surface area contributed by atoms with Crippen LogP contribution in [0.1, 0.15) is 38.6 Å².